The van der Waals surface area contributed by atoms with Gasteiger partial charge in [0.25, 0.3) is 11.8 Å². The smallest absolute Gasteiger partial charge is 0.423 e. The summed E-state index contributed by atoms with van der Waals surface area (Å²) in [5.74, 6) is -3.74. The third-order valence-corrected chi connectivity index (χ3v) is 9.73. The molecule has 0 unspecified atom stereocenters. The van der Waals surface area contributed by atoms with Gasteiger partial charge in [-0.1, -0.05) is 24.3 Å². The van der Waals surface area contributed by atoms with Crippen molar-refractivity contribution in [1.82, 2.24) is 30.4 Å². The number of rotatable bonds is 10. The Morgan fingerprint density at radius 2 is 1.79 bits per heavy atom. The summed E-state index contributed by atoms with van der Waals surface area (Å²) >= 11 is 0. The van der Waals surface area contributed by atoms with E-state index in [1.807, 2.05) is 24.3 Å². The quantitative estimate of drug-likeness (QED) is 0.173. The number of benzene rings is 3. The molecule has 3 aromatic carbocycles. The predicted molar refractivity (Wildman–Crippen MR) is 193 cm³/mol. The van der Waals surface area contributed by atoms with Crippen molar-refractivity contribution in [2.75, 3.05) is 44.0 Å². The van der Waals surface area contributed by atoms with E-state index < -0.39 is 47.2 Å². The van der Waals surface area contributed by atoms with Gasteiger partial charge in [-0.05, 0) is 48.2 Å². The average Bonchev–Trinajstić information content (AvgIpc) is 3.45. The number of carbonyl (C=O) groups excluding carboxylic acids is 4. The maximum Gasteiger partial charge on any atom is 0.423 e. The molecule has 7 rings (SSSR count). The van der Waals surface area contributed by atoms with Crippen molar-refractivity contribution in [3.63, 3.8) is 0 Å². The highest BCUT2D eigenvalue weighted by atomic mass is 19.4. The number of piperidine rings is 1. The van der Waals surface area contributed by atoms with Crippen LogP contribution in [0.2, 0.25) is 0 Å². The largest absolute Gasteiger partial charge is 0.495 e. The Morgan fingerprint density at radius 3 is 2.52 bits per heavy atom. The highest BCUT2D eigenvalue weighted by Crippen LogP contribution is 2.40. The van der Waals surface area contributed by atoms with E-state index in [1.54, 1.807) is 19.2 Å². The SMILES string of the molecule is COc1cc(C(=O)NC2CCN(Cc3cccc(N4CCC(=O)NC4=O)c3)CC2)c(F)cc1Nc1ncc(C(F)(F)F)c(Oc2cccc3c2C(=O)N(C)C3)n1. The van der Waals surface area contributed by atoms with Gasteiger partial charge in [0.05, 0.1) is 23.9 Å². The fourth-order valence-corrected chi connectivity index (χ4v) is 6.86. The van der Waals surface area contributed by atoms with Crippen molar-refractivity contribution in [3.8, 4) is 17.4 Å². The molecule has 1 aromatic heterocycles. The van der Waals surface area contributed by atoms with Gasteiger partial charge in [0.1, 0.15) is 22.9 Å². The number of alkyl halides is 3. The van der Waals surface area contributed by atoms with Gasteiger partial charge < -0.3 is 25.0 Å². The number of fused-ring (bicyclic) bond motifs is 1. The minimum absolute atomic E-state index is 0.0114. The number of imide groups is 1. The second kappa shape index (κ2) is 15.4. The number of methoxy groups -OCH3 is 1. The van der Waals surface area contributed by atoms with Crippen molar-refractivity contribution in [3.05, 3.63) is 94.4 Å². The first kappa shape index (κ1) is 38.0. The molecule has 14 nitrogen and oxygen atoms in total. The normalized spacial score (nSPS) is 16.4. The lowest BCUT2D eigenvalue weighted by molar-refractivity contribution is -0.139. The zero-order valence-electron chi connectivity index (χ0n) is 30.2. The van der Waals surface area contributed by atoms with Crippen LogP contribution >= 0.6 is 0 Å². The summed E-state index contributed by atoms with van der Waals surface area (Å²) in [7, 11) is 2.83. The van der Waals surface area contributed by atoms with E-state index in [1.165, 1.54) is 29.0 Å². The maximum atomic E-state index is 15.5. The molecule has 2 fully saturated rings. The van der Waals surface area contributed by atoms with Crippen LogP contribution in [0.5, 0.6) is 17.4 Å². The average molecular weight is 777 g/mol. The van der Waals surface area contributed by atoms with Gasteiger partial charge in [0, 0.05) is 70.2 Å². The monoisotopic (exact) mass is 776 g/mol. The summed E-state index contributed by atoms with van der Waals surface area (Å²) in [5, 5.41) is 7.86. The minimum atomic E-state index is -4.91. The molecule has 0 bridgehead atoms. The molecular formula is C38H36F4N8O6. The third kappa shape index (κ3) is 8.05. The minimum Gasteiger partial charge on any atom is -0.495 e. The van der Waals surface area contributed by atoms with Gasteiger partial charge in [-0.2, -0.15) is 18.2 Å². The summed E-state index contributed by atoms with van der Waals surface area (Å²) in [6, 6.07) is 13.5. The fourth-order valence-electron chi connectivity index (χ4n) is 6.86. The van der Waals surface area contributed by atoms with E-state index in [9.17, 15) is 32.3 Å². The number of ether oxygens (including phenoxy) is 2. The molecule has 292 valence electrons. The number of hydrogen-bond acceptors (Lipinski definition) is 10. The number of halogens is 4. The van der Waals surface area contributed by atoms with Gasteiger partial charge in [-0.3, -0.25) is 29.5 Å². The molecule has 0 atom stereocenters. The van der Waals surface area contributed by atoms with Crippen molar-refractivity contribution in [2.45, 2.75) is 44.6 Å². The molecule has 0 radical (unpaired) electrons. The predicted octanol–water partition coefficient (Wildman–Crippen LogP) is 5.61. The van der Waals surface area contributed by atoms with E-state index in [4.69, 9.17) is 9.47 Å². The molecule has 3 N–H and O–H groups in total. The standard InChI is InChI=1S/C38H36F4N8O6/c1-48-20-22-6-4-8-29(32(22)35(48)53)56-34-26(38(40,41)42)18-43-36(47-34)45-28-17-27(39)25(16-30(28)55-2)33(52)44-23-9-12-49(13-10-23)19-21-5-3-7-24(15-21)50-14-11-31(51)46-37(50)54/h3-8,15-18,23H,9-14,19-20H2,1-2H3,(H,44,52)(H,43,45,47)(H,46,51,54). The van der Waals surface area contributed by atoms with E-state index in [0.717, 1.165) is 11.6 Å². The Hall–Kier alpha value is -6.30. The lowest BCUT2D eigenvalue weighted by Gasteiger charge is -2.33. The molecule has 0 spiro atoms. The van der Waals surface area contributed by atoms with E-state index >= 15 is 4.39 Å². The fraction of sp³-hybridized carbons (Fsp3) is 0.316. The molecule has 0 saturated carbocycles. The van der Waals surface area contributed by atoms with Crippen LogP contribution in [0.3, 0.4) is 0 Å². The van der Waals surface area contributed by atoms with Gasteiger partial charge >= 0.3 is 12.2 Å². The summed E-state index contributed by atoms with van der Waals surface area (Å²) in [5.41, 5.74) is 0.691. The number of likely N-dealkylation sites (tertiary alicyclic amines) is 1. The number of aromatic nitrogens is 2. The van der Waals surface area contributed by atoms with Crippen molar-refractivity contribution in [2.24, 2.45) is 0 Å². The highest BCUT2D eigenvalue weighted by molar-refractivity contribution is 6.05. The zero-order valence-corrected chi connectivity index (χ0v) is 30.2. The van der Waals surface area contributed by atoms with Crippen LogP contribution < -0.4 is 30.3 Å². The third-order valence-electron chi connectivity index (χ3n) is 9.73. The lowest BCUT2D eigenvalue weighted by Crippen LogP contribution is -2.49. The van der Waals surface area contributed by atoms with Crippen molar-refractivity contribution >= 4 is 41.1 Å². The van der Waals surface area contributed by atoms with Crippen LogP contribution in [-0.2, 0) is 24.1 Å². The van der Waals surface area contributed by atoms with Crippen LogP contribution in [0, 0.1) is 5.82 Å². The number of amides is 5. The molecule has 18 heteroatoms. The van der Waals surface area contributed by atoms with Gasteiger partial charge in [-0.15, -0.1) is 0 Å². The number of hydrogen-bond donors (Lipinski definition) is 3. The van der Waals surface area contributed by atoms with E-state index in [2.05, 4.69) is 30.8 Å². The molecule has 56 heavy (non-hydrogen) atoms. The summed E-state index contributed by atoms with van der Waals surface area (Å²) in [6.45, 7) is 2.44. The van der Waals surface area contributed by atoms with Crippen LogP contribution in [-0.4, -0.2) is 83.4 Å². The molecule has 4 aromatic rings. The first-order valence-electron chi connectivity index (χ1n) is 17.6. The molecular weight excluding hydrogens is 740 g/mol. The second-order valence-corrected chi connectivity index (χ2v) is 13.6. The van der Waals surface area contributed by atoms with E-state index in [0.29, 0.717) is 56.5 Å². The first-order valence-corrected chi connectivity index (χ1v) is 17.6. The van der Waals surface area contributed by atoms with Crippen LogP contribution in [0.4, 0.5) is 39.7 Å². The van der Waals surface area contributed by atoms with Gasteiger partial charge in [-0.25, -0.2) is 14.2 Å². The molecule has 3 aliphatic rings. The maximum absolute atomic E-state index is 15.5. The molecule has 2 saturated heterocycles. The Kier molecular flexibility index (Phi) is 10.5. The first-order chi connectivity index (χ1) is 26.8. The van der Waals surface area contributed by atoms with Crippen LogP contribution in [0.1, 0.15) is 56.7 Å². The Morgan fingerprint density at radius 1 is 1.02 bits per heavy atom. The number of nitrogens with zero attached hydrogens (tertiary/aromatic N) is 5. The Balaban J connectivity index is 1.00. The van der Waals surface area contributed by atoms with Gasteiger partial charge in [0.15, 0.2) is 0 Å². The molecule has 0 aliphatic carbocycles. The summed E-state index contributed by atoms with van der Waals surface area (Å²) in [6.07, 6.45) is -3.00. The number of anilines is 3. The van der Waals surface area contributed by atoms with E-state index in [-0.39, 0.29) is 53.2 Å². The summed E-state index contributed by atoms with van der Waals surface area (Å²) < 4.78 is 68.5. The van der Waals surface area contributed by atoms with Crippen LogP contribution in [0.25, 0.3) is 0 Å². The number of carbonyl (C=O) groups is 4. The summed E-state index contributed by atoms with van der Waals surface area (Å²) in [4.78, 5) is 62.6. The molecule has 5 amide bonds. The number of nitrogens with one attached hydrogen (secondary N) is 3. The highest BCUT2D eigenvalue weighted by Gasteiger charge is 2.38. The van der Waals surface area contributed by atoms with Crippen molar-refractivity contribution < 1.29 is 46.2 Å². The molecule has 3 aliphatic heterocycles. The Labute approximate surface area is 317 Å². The molecule has 4 heterocycles. The Bertz CT molecular complexity index is 2210. The lowest BCUT2D eigenvalue weighted by atomic mass is 10.0. The van der Waals surface area contributed by atoms with Gasteiger partial charge in [0.2, 0.25) is 17.7 Å². The second-order valence-electron chi connectivity index (χ2n) is 13.6. The zero-order chi connectivity index (χ0) is 39.7. The number of urea groups is 1. The van der Waals surface area contributed by atoms with Crippen molar-refractivity contribution in [1.29, 1.82) is 0 Å². The van der Waals surface area contributed by atoms with Crippen LogP contribution in [0.15, 0.2) is 60.8 Å². The topological polar surface area (TPSA) is 158 Å².